The third kappa shape index (κ3) is 4.26. The summed E-state index contributed by atoms with van der Waals surface area (Å²) in [6.07, 6.45) is 1.35. The second kappa shape index (κ2) is 7.51. The lowest BCUT2D eigenvalue weighted by atomic mass is 10.1. The van der Waals surface area contributed by atoms with E-state index in [4.69, 9.17) is 16.3 Å². The van der Waals surface area contributed by atoms with Crippen LogP contribution in [0.4, 0.5) is 11.5 Å². The van der Waals surface area contributed by atoms with Crippen LogP contribution in [-0.4, -0.2) is 28.4 Å². The Morgan fingerprint density at radius 3 is 2.71 bits per heavy atom. The van der Waals surface area contributed by atoms with Crippen LogP contribution in [0.25, 0.3) is 0 Å². The molecule has 0 radical (unpaired) electrons. The van der Waals surface area contributed by atoms with Crippen molar-refractivity contribution < 1.29 is 19.2 Å². The first kappa shape index (κ1) is 17.4. The largest absolute Gasteiger partial charge is 0.452 e. The smallest absolute Gasteiger partial charge is 0.345 e. The van der Waals surface area contributed by atoms with Gasteiger partial charge in [-0.15, -0.1) is 0 Å². The van der Waals surface area contributed by atoms with Crippen LogP contribution in [-0.2, 0) is 9.53 Å². The minimum Gasteiger partial charge on any atom is -0.452 e. The maximum Gasteiger partial charge on any atom is 0.345 e. The number of aromatic nitrogens is 1. The van der Waals surface area contributed by atoms with E-state index in [1.165, 1.54) is 43.5 Å². The number of nitro benzene ring substituents is 1. The van der Waals surface area contributed by atoms with Crippen molar-refractivity contribution >= 4 is 35.0 Å². The highest BCUT2D eigenvalue weighted by molar-refractivity contribution is 6.30. The third-order valence-corrected chi connectivity index (χ3v) is 3.19. The van der Waals surface area contributed by atoms with Gasteiger partial charge >= 0.3 is 5.97 Å². The fraction of sp³-hybridized carbons (Fsp3) is 0.133. The molecule has 0 atom stereocenters. The lowest BCUT2D eigenvalue weighted by molar-refractivity contribution is -0.385. The predicted molar refractivity (Wildman–Crippen MR) is 86.0 cm³/mol. The number of hydrogen-bond acceptors (Lipinski definition) is 6. The topological polar surface area (TPSA) is 111 Å². The first-order valence-corrected chi connectivity index (χ1v) is 7.09. The van der Waals surface area contributed by atoms with Crippen LogP contribution in [0.1, 0.15) is 15.9 Å². The van der Waals surface area contributed by atoms with Crippen molar-refractivity contribution in [2.24, 2.45) is 0 Å². The average molecular weight is 350 g/mol. The standard InChI is InChI=1S/C15H12ClN3O5/c1-9-3-2-4-11(14(9)19(22)23)15(21)24-8-13(20)18-12-6-5-10(16)7-17-12/h2-7H,8H2,1H3,(H,17,18,20). The number of para-hydroxylation sites is 1. The highest BCUT2D eigenvalue weighted by atomic mass is 35.5. The molecule has 0 unspecified atom stereocenters. The van der Waals surface area contributed by atoms with Gasteiger partial charge in [-0.1, -0.05) is 23.7 Å². The van der Waals surface area contributed by atoms with Gasteiger partial charge in [-0.25, -0.2) is 9.78 Å². The van der Waals surface area contributed by atoms with E-state index in [1.807, 2.05) is 0 Å². The van der Waals surface area contributed by atoms with E-state index in [1.54, 1.807) is 0 Å². The Kier molecular flexibility index (Phi) is 5.43. The first-order valence-electron chi connectivity index (χ1n) is 6.71. The van der Waals surface area contributed by atoms with Gasteiger partial charge in [0, 0.05) is 11.8 Å². The summed E-state index contributed by atoms with van der Waals surface area (Å²) in [6, 6.07) is 7.29. The molecule has 0 fully saturated rings. The maximum absolute atomic E-state index is 12.0. The molecule has 1 amide bonds. The Hall–Kier alpha value is -3.00. The molecule has 0 aliphatic heterocycles. The van der Waals surface area contributed by atoms with Crippen LogP contribution in [0.2, 0.25) is 5.02 Å². The molecule has 1 aromatic heterocycles. The van der Waals surface area contributed by atoms with Crippen molar-refractivity contribution in [2.75, 3.05) is 11.9 Å². The molecule has 2 rings (SSSR count). The number of anilines is 1. The monoisotopic (exact) mass is 349 g/mol. The Morgan fingerprint density at radius 1 is 1.33 bits per heavy atom. The van der Waals surface area contributed by atoms with Gasteiger partial charge in [0.25, 0.3) is 11.6 Å². The molecule has 1 aromatic carbocycles. The molecule has 1 heterocycles. The van der Waals surface area contributed by atoms with E-state index in [2.05, 4.69) is 10.3 Å². The molecule has 0 saturated heterocycles. The molecule has 0 spiro atoms. The fourth-order valence-electron chi connectivity index (χ4n) is 1.90. The fourth-order valence-corrected chi connectivity index (χ4v) is 2.02. The van der Waals surface area contributed by atoms with Gasteiger partial charge < -0.3 is 10.1 Å². The summed E-state index contributed by atoms with van der Waals surface area (Å²) >= 11 is 5.67. The van der Waals surface area contributed by atoms with E-state index in [9.17, 15) is 19.7 Å². The number of ether oxygens (including phenoxy) is 1. The Balaban J connectivity index is 2.00. The number of nitro groups is 1. The lowest BCUT2D eigenvalue weighted by Gasteiger charge is -2.07. The molecule has 24 heavy (non-hydrogen) atoms. The maximum atomic E-state index is 12.0. The molecule has 124 valence electrons. The van der Waals surface area contributed by atoms with Gasteiger partial charge in [-0.05, 0) is 25.1 Å². The lowest BCUT2D eigenvalue weighted by Crippen LogP contribution is -2.21. The molecule has 9 heteroatoms. The summed E-state index contributed by atoms with van der Waals surface area (Å²) in [5.74, 6) is -1.35. The normalized spacial score (nSPS) is 10.1. The molecule has 0 bridgehead atoms. The van der Waals surface area contributed by atoms with Gasteiger partial charge in [-0.2, -0.15) is 0 Å². The summed E-state index contributed by atoms with van der Waals surface area (Å²) in [5.41, 5.74) is -0.232. The van der Waals surface area contributed by atoms with Crippen LogP contribution in [0.5, 0.6) is 0 Å². The van der Waals surface area contributed by atoms with Crippen molar-refractivity contribution in [1.82, 2.24) is 4.98 Å². The van der Waals surface area contributed by atoms with Crippen LogP contribution in [0, 0.1) is 17.0 Å². The highest BCUT2D eigenvalue weighted by Crippen LogP contribution is 2.23. The first-order chi connectivity index (χ1) is 11.4. The van der Waals surface area contributed by atoms with Gasteiger partial charge in [-0.3, -0.25) is 14.9 Å². The molecule has 0 saturated carbocycles. The average Bonchev–Trinajstić information content (AvgIpc) is 2.54. The third-order valence-electron chi connectivity index (χ3n) is 2.97. The van der Waals surface area contributed by atoms with E-state index in [-0.39, 0.29) is 17.1 Å². The molecule has 0 aliphatic carbocycles. The number of amides is 1. The SMILES string of the molecule is Cc1cccc(C(=O)OCC(=O)Nc2ccc(Cl)cn2)c1[N+](=O)[O-]. The molecular weight excluding hydrogens is 338 g/mol. The van der Waals surface area contributed by atoms with Gasteiger partial charge in [0.05, 0.1) is 9.95 Å². The van der Waals surface area contributed by atoms with Crippen molar-refractivity contribution in [3.63, 3.8) is 0 Å². The van der Waals surface area contributed by atoms with Crippen molar-refractivity contribution in [2.45, 2.75) is 6.92 Å². The summed E-state index contributed by atoms with van der Waals surface area (Å²) < 4.78 is 4.82. The van der Waals surface area contributed by atoms with Crippen molar-refractivity contribution in [1.29, 1.82) is 0 Å². The Bertz CT molecular complexity index is 792. The summed E-state index contributed by atoms with van der Waals surface area (Å²) in [4.78, 5) is 38.0. The van der Waals surface area contributed by atoms with Crippen LogP contribution < -0.4 is 5.32 Å². The number of pyridine rings is 1. The quantitative estimate of drug-likeness (QED) is 0.504. The van der Waals surface area contributed by atoms with E-state index < -0.39 is 23.4 Å². The van der Waals surface area contributed by atoms with Gasteiger partial charge in [0.2, 0.25) is 0 Å². The van der Waals surface area contributed by atoms with Crippen LogP contribution in [0.15, 0.2) is 36.5 Å². The number of benzene rings is 1. The van der Waals surface area contributed by atoms with E-state index >= 15 is 0 Å². The molecular formula is C15H12ClN3O5. The van der Waals surface area contributed by atoms with Crippen molar-refractivity contribution in [3.8, 4) is 0 Å². The summed E-state index contributed by atoms with van der Waals surface area (Å²) in [7, 11) is 0. The van der Waals surface area contributed by atoms with Crippen molar-refractivity contribution in [3.05, 3.63) is 62.8 Å². The van der Waals surface area contributed by atoms with Crippen LogP contribution in [0.3, 0.4) is 0 Å². The highest BCUT2D eigenvalue weighted by Gasteiger charge is 2.24. The number of nitrogens with one attached hydrogen (secondary N) is 1. The second-order valence-electron chi connectivity index (χ2n) is 4.71. The minimum absolute atomic E-state index is 0.211. The number of nitrogens with zero attached hydrogens (tertiary/aromatic N) is 2. The second-order valence-corrected chi connectivity index (χ2v) is 5.15. The van der Waals surface area contributed by atoms with Crippen LogP contribution >= 0.6 is 11.6 Å². The molecule has 8 nitrogen and oxygen atoms in total. The summed E-state index contributed by atoms with van der Waals surface area (Å²) in [6.45, 7) is 0.905. The number of aryl methyl sites for hydroxylation is 1. The number of halogens is 1. The Morgan fingerprint density at radius 2 is 2.08 bits per heavy atom. The number of hydrogen-bond donors (Lipinski definition) is 1. The van der Waals surface area contributed by atoms with Gasteiger partial charge in [0.15, 0.2) is 6.61 Å². The summed E-state index contributed by atoms with van der Waals surface area (Å²) in [5, 5.41) is 13.9. The molecule has 0 aliphatic rings. The van der Waals surface area contributed by atoms with E-state index in [0.717, 1.165) is 0 Å². The number of carbonyl (C=O) groups is 2. The number of rotatable bonds is 5. The van der Waals surface area contributed by atoms with E-state index in [0.29, 0.717) is 10.6 Å². The predicted octanol–water partition coefficient (Wildman–Crippen LogP) is 2.75. The zero-order valence-electron chi connectivity index (χ0n) is 12.5. The van der Waals surface area contributed by atoms with Gasteiger partial charge in [0.1, 0.15) is 11.4 Å². The zero-order valence-corrected chi connectivity index (χ0v) is 13.2. The molecule has 2 aromatic rings. The number of carbonyl (C=O) groups excluding carboxylic acids is 2. The number of esters is 1. The zero-order chi connectivity index (χ0) is 17.7. The Labute approximate surface area is 141 Å². The minimum atomic E-state index is -0.954. The molecule has 1 N–H and O–H groups in total.